The smallest absolute Gasteiger partial charge is 0.339 e. The summed E-state index contributed by atoms with van der Waals surface area (Å²) in [7, 11) is 1.55. The van der Waals surface area contributed by atoms with Crippen molar-refractivity contribution in [3.8, 4) is 5.75 Å². The van der Waals surface area contributed by atoms with E-state index >= 15 is 4.79 Å². The maximum atomic E-state index is 15.1. The number of rotatable bonds is 8. The third-order valence-electron chi connectivity index (χ3n) is 14.9. The summed E-state index contributed by atoms with van der Waals surface area (Å²) in [5.74, 6) is -0.716. The number of carbonyl (C=O) groups is 2. The van der Waals surface area contributed by atoms with Crippen LogP contribution in [0.5, 0.6) is 5.75 Å². The Kier molecular flexibility index (Phi) is 13.5. The van der Waals surface area contributed by atoms with Gasteiger partial charge in [-0.15, -0.1) is 0 Å². The molecule has 9 heteroatoms. The number of hydrogen-bond acceptors (Lipinski definition) is 9. The van der Waals surface area contributed by atoms with E-state index in [4.69, 9.17) is 23.4 Å². The van der Waals surface area contributed by atoms with Gasteiger partial charge in [-0.1, -0.05) is 116 Å². The van der Waals surface area contributed by atoms with Crippen LogP contribution >= 0.6 is 0 Å². The van der Waals surface area contributed by atoms with Crippen molar-refractivity contribution >= 4 is 22.9 Å². The van der Waals surface area contributed by atoms with Gasteiger partial charge in [-0.05, 0) is 111 Å². The largest absolute Gasteiger partial charge is 0.483 e. The highest BCUT2D eigenvalue weighted by molar-refractivity contribution is 5.90. The molecule has 3 aliphatic heterocycles. The second-order valence-corrected chi connectivity index (χ2v) is 19.3. The lowest BCUT2D eigenvalue weighted by molar-refractivity contribution is -0.201. The highest BCUT2D eigenvalue weighted by Gasteiger charge is 2.56. The monoisotopic (exact) mass is 890 g/mol. The molecule has 66 heavy (non-hydrogen) atoms. The van der Waals surface area contributed by atoms with Crippen molar-refractivity contribution < 1.29 is 38.1 Å². The van der Waals surface area contributed by atoms with Crippen molar-refractivity contribution in [1.82, 2.24) is 0 Å². The Hall–Kier alpha value is -5.77. The topological polar surface area (TPSA) is 122 Å². The lowest BCUT2D eigenvalue weighted by atomic mass is 9.71. The number of hydrogen-bond donors (Lipinski definition) is 1. The van der Waals surface area contributed by atoms with Crippen LogP contribution in [0.4, 0.5) is 0 Å². The van der Waals surface area contributed by atoms with E-state index in [1.54, 1.807) is 13.2 Å². The summed E-state index contributed by atoms with van der Waals surface area (Å²) in [5, 5.41) is 11.3. The van der Waals surface area contributed by atoms with Crippen molar-refractivity contribution in [1.29, 1.82) is 0 Å². The Morgan fingerprint density at radius 2 is 1.59 bits per heavy atom. The van der Waals surface area contributed by atoms with E-state index in [0.717, 1.165) is 55.2 Å². The molecule has 5 aliphatic rings. The van der Waals surface area contributed by atoms with Gasteiger partial charge in [0.1, 0.15) is 16.9 Å². The summed E-state index contributed by atoms with van der Waals surface area (Å²) < 4.78 is 32.3. The van der Waals surface area contributed by atoms with Crippen LogP contribution in [0, 0.1) is 11.8 Å². The quantitative estimate of drug-likeness (QED) is 0.0702. The summed E-state index contributed by atoms with van der Waals surface area (Å²) in [6, 6.07) is 31.4. The lowest BCUT2D eigenvalue weighted by Gasteiger charge is -2.50. The highest BCUT2D eigenvalue weighted by atomic mass is 16.6. The number of methoxy groups -OCH3 is 1. The van der Waals surface area contributed by atoms with E-state index in [0.29, 0.717) is 52.7 Å². The molecule has 1 saturated carbocycles. The number of esters is 2. The van der Waals surface area contributed by atoms with Crippen LogP contribution in [0.3, 0.4) is 0 Å². The van der Waals surface area contributed by atoms with Gasteiger partial charge < -0.3 is 28.5 Å². The molecule has 9 nitrogen and oxygen atoms in total. The molecule has 0 amide bonds. The van der Waals surface area contributed by atoms with Crippen LogP contribution in [-0.2, 0) is 49.7 Å². The number of aliphatic hydroxyl groups is 1. The molecule has 5 aromatic rings. The molecule has 10 rings (SSSR count). The molecule has 6 atom stereocenters. The summed E-state index contributed by atoms with van der Waals surface area (Å²) in [6.07, 6.45) is 9.96. The first-order chi connectivity index (χ1) is 32.0. The molecule has 6 unspecified atom stereocenters. The minimum Gasteiger partial charge on any atom is -0.483 e. The average molecular weight is 891 g/mol. The zero-order valence-electron chi connectivity index (χ0n) is 38.7. The summed E-state index contributed by atoms with van der Waals surface area (Å²) >= 11 is 0. The summed E-state index contributed by atoms with van der Waals surface area (Å²) in [6.45, 7) is 5.65. The van der Waals surface area contributed by atoms with Crippen molar-refractivity contribution in [3.05, 3.63) is 169 Å². The highest BCUT2D eigenvalue weighted by Crippen LogP contribution is 2.52. The molecule has 2 aliphatic carbocycles. The van der Waals surface area contributed by atoms with Crippen LogP contribution < -0.4 is 10.4 Å². The minimum atomic E-state index is -1.20. The van der Waals surface area contributed by atoms with E-state index < -0.39 is 42.0 Å². The first-order valence-corrected chi connectivity index (χ1v) is 23.9. The fourth-order valence-corrected chi connectivity index (χ4v) is 11.3. The van der Waals surface area contributed by atoms with Crippen LogP contribution in [0.2, 0.25) is 0 Å². The maximum Gasteiger partial charge on any atom is 0.339 e. The van der Waals surface area contributed by atoms with Crippen LogP contribution in [0.1, 0.15) is 135 Å². The van der Waals surface area contributed by atoms with Gasteiger partial charge in [0.15, 0.2) is 12.2 Å². The Balaban J connectivity index is 1.17. The Morgan fingerprint density at radius 1 is 0.818 bits per heavy atom. The molecule has 1 aromatic heterocycles. The third kappa shape index (κ3) is 9.17. The normalized spacial score (nSPS) is 24.7. The molecule has 0 spiro atoms. The first kappa shape index (κ1) is 45.4. The van der Waals surface area contributed by atoms with Crippen molar-refractivity contribution in [2.45, 2.75) is 128 Å². The third-order valence-corrected chi connectivity index (χ3v) is 14.9. The zero-order valence-corrected chi connectivity index (χ0v) is 38.7. The van der Waals surface area contributed by atoms with Gasteiger partial charge >= 0.3 is 17.6 Å². The molecule has 1 fully saturated rings. The molecule has 0 radical (unpaired) electrons. The Morgan fingerprint density at radius 3 is 2.33 bits per heavy atom. The molecule has 0 saturated heterocycles. The molecule has 2 bridgehead atoms. The Bertz CT molecular complexity index is 2680. The number of fused-ring (bicyclic) bond motifs is 11. The van der Waals surface area contributed by atoms with Gasteiger partial charge in [0.05, 0.1) is 18.8 Å². The van der Waals surface area contributed by atoms with Crippen molar-refractivity contribution in [3.63, 3.8) is 0 Å². The van der Waals surface area contributed by atoms with Gasteiger partial charge in [-0.25, -0.2) is 9.59 Å². The molecular formula is C57H62O9. The number of benzene rings is 4. The molecule has 4 aromatic carbocycles. The predicted molar refractivity (Wildman–Crippen MR) is 254 cm³/mol. The number of aliphatic hydroxyl groups excluding tert-OH is 1. The van der Waals surface area contributed by atoms with E-state index in [1.807, 2.05) is 32.9 Å². The average Bonchev–Trinajstić information content (AvgIpc) is 3.32. The van der Waals surface area contributed by atoms with Crippen molar-refractivity contribution in [2.75, 3.05) is 13.7 Å². The minimum absolute atomic E-state index is 0.0319. The van der Waals surface area contributed by atoms with E-state index in [9.17, 15) is 14.7 Å². The maximum absolute atomic E-state index is 15.1. The van der Waals surface area contributed by atoms with Gasteiger partial charge in [0.25, 0.3) is 0 Å². The van der Waals surface area contributed by atoms with Crippen LogP contribution in [0.15, 0.2) is 124 Å². The number of ether oxygens (including phenoxy) is 4. The second kappa shape index (κ2) is 19.6. The van der Waals surface area contributed by atoms with E-state index in [2.05, 4.69) is 84.9 Å². The van der Waals surface area contributed by atoms with Crippen LogP contribution in [0.25, 0.3) is 11.0 Å². The fraction of sp³-hybridized carbons (Fsp3) is 0.421. The van der Waals surface area contributed by atoms with Gasteiger partial charge in [-0.2, -0.15) is 0 Å². The van der Waals surface area contributed by atoms with Gasteiger partial charge in [0.2, 0.25) is 0 Å². The van der Waals surface area contributed by atoms with Crippen LogP contribution in [-0.4, -0.2) is 42.5 Å². The number of carbonyl (C=O) groups excluding carboxylic acids is 2. The summed E-state index contributed by atoms with van der Waals surface area (Å²) in [5.41, 5.74) is 6.72. The standard InChI is InChI=1S/C57H62O9/c1-35(2)44-24-20-36-18-21-39(22-19-36)45-25-23-41(40-15-11-14-38(31-40)30-37-12-7-5-8-13-37)32-42(45)33-50(59)63-53-51-49(66-57(3,54(53)65-55(44)60)43-16-9-6-10-17-43)27-26-46-48(34-58)47(28-29-62-4)56(61)64-52(46)51/h5,7-8,11-15,18-19,21-23,25-27,31,41-43,45,53-54,58H,6,9-10,16-17,20,24,28-30,32-34H2,1-4H3. The number of aryl methyl sites for hydroxylation is 1. The predicted octanol–water partition coefficient (Wildman–Crippen LogP) is 11.1. The van der Waals surface area contributed by atoms with Crippen molar-refractivity contribution in [2.24, 2.45) is 11.8 Å². The lowest BCUT2D eigenvalue weighted by Crippen LogP contribution is -2.58. The zero-order chi connectivity index (χ0) is 46.0. The number of allylic oxidation sites excluding steroid dienone is 3. The molecule has 344 valence electrons. The molecule has 4 heterocycles. The van der Waals surface area contributed by atoms with Gasteiger partial charge in [-0.3, -0.25) is 4.79 Å². The van der Waals surface area contributed by atoms with E-state index in [1.165, 1.54) is 16.7 Å². The van der Waals surface area contributed by atoms with E-state index in [-0.39, 0.29) is 48.7 Å². The van der Waals surface area contributed by atoms with Gasteiger partial charge in [0, 0.05) is 54.2 Å². The Labute approximate surface area is 387 Å². The molecular weight excluding hydrogens is 829 g/mol. The SMILES string of the molecule is COCCc1c(CO)c2ccc3c(c2oc1=O)C1OC(=O)CC2CC(c4cccc(Cc5ccccc5)c4)C=CC2c2ccc(cc2)CCC(=C(C)C)C(=O)OC1C(C)(C1CCCCC1)O3. The first-order valence-electron chi connectivity index (χ1n) is 23.9. The second-order valence-electron chi connectivity index (χ2n) is 19.3. The summed E-state index contributed by atoms with van der Waals surface area (Å²) in [4.78, 5) is 43.8. The molecule has 1 N–H and O–H groups in total. The fourth-order valence-electron chi connectivity index (χ4n) is 11.3.